The Morgan fingerprint density at radius 2 is 1.72 bits per heavy atom. The molecule has 2 atom stereocenters. The number of pyridine rings is 1. The molecule has 71 heavy (non-hydrogen) atoms. The fraction of sp³-hybridized carbons (Fsp3) is 0.509. The minimum absolute atomic E-state index is 0.0159. The molecule has 3 amide bonds. The number of amides is 3. The number of piperazine rings is 1. The van der Waals surface area contributed by atoms with Gasteiger partial charge in [-0.25, -0.2) is 8.78 Å². The summed E-state index contributed by atoms with van der Waals surface area (Å²) in [7, 11) is 0. The van der Waals surface area contributed by atoms with Crippen LogP contribution in [-0.4, -0.2) is 154 Å². The molecule has 5 aromatic rings. The first kappa shape index (κ1) is 47.3. The molecule has 374 valence electrons. The predicted octanol–water partition coefficient (Wildman–Crippen LogP) is 5.43. The number of rotatable bonds is 12. The van der Waals surface area contributed by atoms with Crippen molar-refractivity contribution in [1.29, 1.82) is 0 Å². The summed E-state index contributed by atoms with van der Waals surface area (Å²) < 4.78 is 44.6. The zero-order valence-corrected chi connectivity index (χ0v) is 40.4. The summed E-state index contributed by atoms with van der Waals surface area (Å²) in [4.78, 5) is 62.5. The maximum absolute atomic E-state index is 17.2. The molecule has 7 heterocycles. The molecule has 1 saturated carbocycles. The highest BCUT2D eigenvalue weighted by Gasteiger charge is 2.46. The Bertz CT molecular complexity index is 2920. The number of fused-ring (bicyclic) bond motifs is 3. The van der Waals surface area contributed by atoms with E-state index < -0.39 is 29.2 Å². The van der Waals surface area contributed by atoms with Crippen LogP contribution in [0.25, 0.3) is 32.9 Å². The third kappa shape index (κ3) is 9.46. The topological polar surface area (TPSA) is 177 Å². The van der Waals surface area contributed by atoms with Crippen LogP contribution in [0.5, 0.6) is 11.8 Å². The number of nitrogens with one attached hydrogen (secondary N) is 1. The monoisotopic (exact) mass is 973 g/mol. The minimum Gasteiger partial charge on any atom is -0.508 e. The van der Waals surface area contributed by atoms with Crippen molar-refractivity contribution in [2.45, 2.75) is 77.0 Å². The van der Waals surface area contributed by atoms with Crippen LogP contribution in [0.4, 0.5) is 20.3 Å². The summed E-state index contributed by atoms with van der Waals surface area (Å²) >= 11 is 0. The molecular formula is C53H61F2N9O7. The smallest absolute Gasteiger partial charge is 0.319 e. The summed E-state index contributed by atoms with van der Waals surface area (Å²) in [6, 6.07) is 11.2. The van der Waals surface area contributed by atoms with Crippen molar-refractivity contribution in [3.05, 3.63) is 77.0 Å². The lowest BCUT2D eigenvalue weighted by molar-refractivity contribution is -0.136. The average Bonchev–Trinajstić information content (AvgIpc) is 4.09. The Morgan fingerprint density at radius 3 is 2.48 bits per heavy atom. The molecule has 0 radical (unpaired) electrons. The second-order valence-corrected chi connectivity index (χ2v) is 21.0. The number of phenolic OH excluding ortho intramolecular Hbond substituents is 1. The number of aromatic nitrogens is 3. The molecule has 5 aliphatic heterocycles. The summed E-state index contributed by atoms with van der Waals surface area (Å²) in [5.74, 6) is -1.16. The van der Waals surface area contributed by atoms with Gasteiger partial charge in [-0.3, -0.25) is 29.6 Å². The molecule has 6 aliphatic rings. The first-order chi connectivity index (χ1) is 34.2. The van der Waals surface area contributed by atoms with E-state index >= 15 is 8.78 Å². The molecular weight excluding hydrogens is 913 g/mol. The standard InChI is InChI=1S/C53H61F2N9O7/c1-3-37-41(54)7-4-33-23-36(65)24-39(44(33)37)46-45(55)47-40(25-56-46)48(63-20-21-70-30-52(2,69)28-63)59-51(58-47)71-31-53(12-13-53)29-61-14-10-32(11-15-61)26-60-16-18-62(19-17-60)35-5-6-38-34(22-35)27-64(50(38)68)42-8-9-43(66)57-49(42)67/h4-7,22-25,32,42,65,69H,3,8-21,26-31H2,1-2H3,(H,57,66,67)/t42-,52+/m0/s1. The molecule has 18 heteroatoms. The van der Waals surface area contributed by atoms with Gasteiger partial charge in [-0.15, -0.1) is 0 Å². The van der Waals surface area contributed by atoms with Crippen molar-refractivity contribution < 1.29 is 42.9 Å². The van der Waals surface area contributed by atoms with Crippen LogP contribution in [0.1, 0.15) is 73.9 Å². The maximum atomic E-state index is 17.2. The lowest BCUT2D eigenvalue weighted by Gasteiger charge is -2.40. The van der Waals surface area contributed by atoms with E-state index in [2.05, 4.69) is 36.1 Å². The van der Waals surface area contributed by atoms with E-state index in [9.17, 15) is 24.6 Å². The van der Waals surface area contributed by atoms with E-state index in [0.717, 1.165) is 89.3 Å². The molecule has 16 nitrogen and oxygen atoms in total. The van der Waals surface area contributed by atoms with Crippen molar-refractivity contribution >= 4 is 50.9 Å². The number of piperidine rings is 2. The van der Waals surface area contributed by atoms with E-state index in [-0.39, 0.29) is 65.3 Å². The normalized spacial score (nSPS) is 23.4. The average molecular weight is 974 g/mol. The third-order valence-corrected chi connectivity index (χ3v) is 15.6. The van der Waals surface area contributed by atoms with Crippen LogP contribution in [0.3, 0.4) is 0 Å². The van der Waals surface area contributed by atoms with Gasteiger partial charge in [0.2, 0.25) is 11.8 Å². The number of hydrogen-bond donors (Lipinski definition) is 3. The van der Waals surface area contributed by atoms with E-state index in [1.807, 2.05) is 24.0 Å². The highest BCUT2D eigenvalue weighted by Crippen LogP contribution is 2.47. The molecule has 11 rings (SSSR count). The molecule has 4 saturated heterocycles. The van der Waals surface area contributed by atoms with Crippen LogP contribution in [0.2, 0.25) is 0 Å². The molecule has 3 aromatic carbocycles. The van der Waals surface area contributed by atoms with E-state index in [4.69, 9.17) is 14.5 Å². The molecule has 2 aromatic heterocycles. The van der Waals surface area contributed by atoms with Crippen molar-refractivity contribution in [2.24, 2.45) is 11.3 Å². The number of aryl methyl sites for hydroxylation is 1. The number of ether oxygens (including phenoxy) is 2. The molecule has 3 N–H and O–H groups in total. The fourth-order valence-electron chi connectivity index (χ4n) is 11.6. The van der Waals surface area contributed by atoms with Crippen LogP contribution in [-0.2, 0) is 27.3 Å². The molecule has 0 spiro atoms. The van der Waals surface area contributed by atoms with Crippen molar-refractivity contribution in [1.82, 2.24) is 35.0 Å². The quantitative estimate of drug-likeness (QED) is 0.135. The van der Waals surface area contributed by atoms with Gasteiger partial charge in [0.1, 0.15) is 40.2 Å². The Balaban J connectivity index is 0.729. The number of halogens is 2. The summed E-state index contributed by atoms with van der Waals surface area (Å²) in [6.45, 7) is 12.9. The number of phenols is 1. The number of anilines is 2. The van der Waals surface area contributed by atoms with Crippen LogP contribution in [0, 0.1) is 23.0 Å². The van der Waals surface area contributed by atoms with Crippen molar-refractivity contribution in [2.75, 3.05) is 95.1 Å². The molecule has 0 unspecified atom stereocenters. The number of hydrogen-bond acceptors (Lipinski definition) is 14. The van der Waals surface area contributed by atoms with Crippen LogP contribution < -0.4 is 19.9 Å². The van der Waals surface area contributed by atoms with Crippen molar-refractivity contribution in [3.8, 4) is 23.0 Å². The van der Waals surface area contributed by atoms with E-state index in [0.29, 0.717) is 78.2 Å². The van der Waals surface area contributed by atoms with Gasteiger partial charge in [0.05, 0.1) is 31.8 Å². The lowest BCUT2D eigenvalue weighted by Crippen LogP contribution is -2.52. The maximum Gasteiger partial charge on any atom is 0.319 e. The molecule has 1 aliphatic carbocycles. The van der Waals surface area contributed by atoms with Gasteiger partial charge in [-0.1, -0.05) is 13.0 Å². The number of β-amino-alcohol motifs (C(OH)–C–C–N with tert-alkyl or cyclic N) is 1. The van der Waals surface area contributed by atoms with Gasteiger partial charge in [0, 0.05) is 87.2 Å². The number of carbonyl (C=O) groups excluding carboxylic acids is 3. The number of nitrogens with zero attached hydrogens (tertiary/aromatic N) is 8. The third-order valence-electron chi connectivity index (χ3n) is 15.6. The molecule has 0 bridgehead atoms. The first-order valence-corrected chi connectivity index (χ1v) is 25.2. The van der Waals surface area contributed by atoms with Gasteiger partial charge >= 0.3 is 6.01 Å². The Hall–Kier alpha value is -6.08. The number of benzene rings is 3. The largest absolute Gasteiger partial charge is 0.508 e. The second kappa shape index (κ2) is 18.8. The van der Waals surface area contributed by atoms with Gasteiger partial charge < -0.3 is 39.3 Å². The number of carbonyl (C=O) groups is 3. The van der Waals surface area contributed by atoms with Gasteiger partial charge in [0.15, 0.2) is 5.82 Å². The van der Waals surface area contributed by atoms with Crippen LogP contribution in [0.15, 0.2) is 48.7 Å². The zero-order valence-electron chi connectivity index (χ0n) is 40.4. The SMILES string of the molecule is CCc1c(F)ccc2cc(O)cc(-c3ncc4c(N5CCOC[C@](C)(O)C5)nc(OCC5(CN6CCC(CN7CCN(c8ccc9c(c8)CN([C@H]8CCC(=O)NC8=O)C9=O)CC7)CC6)CC5)nc4c3F)c12. The summed E-state index contributed by atoms with van der Waals surface area (Å²) in [6.07, 6.45) is 6.63. The van der Waals surface area contributed by atoms with E-state index in [1.165, 1.54) is 24.4 Å². The second-order valence-electron chi connectivity index (χ2n) is 21.0. The van der Waals surface area contributed by atoms with Crippen molar-refractivity contribution in [3.63, 3.8) is 0 Å². The molecule has 5 fully saturated rings. The number of aliphatic hydroxyl groups is 1. The number of likely N-dealkylation sites (tertiary alicyclic amines) is 1. The minimum atomic E-state index is -1.20. The zero-order chi connectivity index (χ0) is 49.2. The fourth-order valence-corrected chi connectivity index (χ4v) is 11.6. The highest BCUT2D eigenvalue weighted by molar-refractivity contribution is 6.06. The predicted molar refractivity (Wildman–Crippen MR) is 262 cm³/mol. The Morgan fingerprint density at radius 1 is 0.915 bits per heavy atom. The van der Waals surface area contributed by atoms with Gasteiger partial charge in [0.25, 0.3) is 5.91 Å². The summed E-state index contributed by atoms with van der Waals surface area (Å²) in [5, 5.41) is 25.6. The van der Waals surface area contributed by atoms with Gasteiger partial charge in [-0.2, -0.15) is 9.97 Å². The summed E-state index contributed by atoms with van der Waals surface area (Å²) in [5.41, 5.74) is 1.89. The van der Waals surface area contributed by atoms with Crippen LogP contribution >= 0.6 is 0 Å². The Labute approximate surface area is 410 Å². The van der Waals surface area contributed by atoms with E-state index in [1.54, 1.807) is 17.9 Å². The number of imide groups is 1. The lowest BCUT2D eigenvalue weighted by atomic mass is 9.94. The highest BCUT2D eigenvalue weighted by atomic mass is 19.1. The number of aromatic hydroxyl groups is 1. The van der Waals surface area contributed by atoms with Gasteiger partial charge in [-0.05, 0) is 123 Å². The first-order valence-electron chi connectivity index (χ1n) is 25.2. The Kier molecular flexibility index (Phi) is 12.5.